The van der Waals surface area contributed by atoms with Crippen molar-refractivity contribution in [3.05, 3.63) is 94.3 Å². The lowest BCUT2D eigenvalue weighted by atomic mass is 10.1. The van der Waals surface area contributed by atoms with E-state index in [1.807, 2.05) is 62.4 Å². The van der Waals surface area contributed by atoms with Crippen molar-refractivity contribution in [3.8, 4) is 0 Å². The summed E-state index contributed by atoms with van der Waals surface area (Å²) in [5.41, 5.74) is 3.63. The molecule has 7 heteroatoms. The molecule has 172 valence electrons. The van der Waals surface area contributed by atoms with Gasteiger partial charge in [-0.05, 0) is 43.9 Å². The minimum absolute atomic E-state index is 0.0242. The second-order valence-electron chi connectivity index (χ2n) is 7.87. The molecule has 1 heterocycles. The van der Waals surface area contributed by atoms with Gasteiger partial charge in [0, 0.05) is 17.7 Å². The lowest BCUT2D eigenvalue weighted by molar-refractivity contribution is -0.144. The summed E-state index contributed by atoms with van der Waals surface area (Å²) < 4.78 is 6.75. The number of nitrogens with zero attached hydrogens (tertiary/aromatic N) is 2. The molecule has 0 saturated heterocycles. The molecule has 33 heavy (non-hydrogen) atoms. The molecule has 1 aromatic heterocycles. The van der Waals surface area contributed by atoms with E-state index in [1.165, 1.54) is 11.6 Å². The zero-order chi connectivity index (χ0) is 23.6. The quantitative estimate of drug-likeness (QED) is 0.351. The predicted molar refractivity (Wildman–Crippen MR) is 130 cm³/mol. The van der Waals surface area contributed by atoms with Crippen LogP contribution in [0.3, 0.4) is 0 Å². The molecular weight excluding hydrogens is 438 g/mol. The average molecular weight is 466 g/mol. The summed E-state index contributed by atoms with van der Waals surface area (Å²) in [5, 5.41) is 7.73. The average Bonchev–Trinajstić information content (AvgIpc) is 3.08. The number of benzene rings is 2. The first kappa shape index (κ1) is 24.3. The number of hydrogen-bond acceptors (Lipinski definition) is 4. The minimum atomic E-state index is -0.617. The second kappa shape index (κ2) is 12.0. The van der Waals surface area contributed by atoms with Gasteiger partial charge in [0.1, 0.15) is 5.15 Å². The predicted octanol–water partition coefficient (Wildman–Crippen LogP) is 4.59. The van der Waals surface area contributed by atoms with Crippen molar-refractivity contribution in [2.45, 2.75) is 39.3 Å². The van der Waals surface area contributed by atoms with Crippen LogP contribution in [0.5, 0.6) is 0 Å². The van der Waals surface area contributed by atoms with Gasteiger partial charge in [0.25, 0.3) is 5.91 Å². The maximum Gasteiger partial charge on any atom is 0.331 e. The topological polar surface area (TPSA) is 73.2 Å². The summed E-state index contributed by atoms with van der Waals surface area (Å²) in [7, 11) is 0. The molecule has 3 aromatic rings. The summed E-state index contributed by atoms with van der Waals surface area (Å²) in [6.45, 7) is 3.95. The molecular formula is C26H28ClN3O3. The van der Waals surface area contributed by atoms with Crippen molar-refractivity contribution in [1.29, 1.82) is 0 Å². The number of hydrogen-bond donors (Lipinski definition) is 1. The van der Waals surface area contributed by atoms with Crippen LogP contribution in [-0.4, -0.2) is 34.3 Å². The van der Waals surface area contributed by atoms with Gasteiger partial charge in [0.05, 0.1) is 12.2 Å². The second-order valence-corrected chi connectivity index (χ2v) is 8.23. The highest BCUT2D eigenvalue weighted by Crippen LogP contribution is 2.22. The molecule has 0 radical (unpaired) electrons. The van der Waals surface area contributed by atoms with E-state index in [-0.39, 0.29) is 18.6 Å². The molecule has 1 amide bonds. The van der Waals surface area contributed by atoms with Gasteiger partial charge in [0.15, 0.2) is 6.61 Å². The first-order valence-electron chi connectivity index (χ1n) is 10.9. The molecule has 2 aromatic carbocycles. The van der Waals surface area contributed by atoms with Gasteiger partial charge in [-0.1, -0.05) is 72.3 Å². The third-order valence-electron chi connectivity index (χ3n) is 5.13. The number of carbonyl (C=O) groups excluding carboxylic acids is 2. The Balaban J connectivity index is 1.45. The summed E-state index contributed by atoms with van der Waals surface area (Å²) >= 11 is 6.45. The number of halogens is 1. The molecule has 0 aliphatic rings. The smallest absolute Gasteiger partial charge is 0.331 e. The highest BCUT2D eigenvalue weighted by atomic mass is 35.5. The van der Waals surface area contributed by atoms with Gasteiger partial charge >= 0.3 is 5.97 Å². The Bertz CT molecular complexity index is 1090. The van der Waals surface area contributed by atoms with E-state index in [1.54, 1.807) is 10.8 Å². The van der Waals surface area contributed by atoms with Crippen molar-refractivity contribution in [3.63, 3.8) is 0 Å². The molecule has 0 unspecified atom stereocenters. The van der Waals surface area contributed by atoms with Gasteiger partial charge in [-0.3, -0.25) is 4.79 Å². The van der Waals surface area contributed by atoms with Gasteiger partial charge in [-0.15, -0.1) is 0 Å². The number of aryl methyl sites for hydroxylation is 2. The van der Waals surface area contributed by atoms with Crippen LogP contribution >= 0.6 is 11.6 Å². The third-order valence-corrected chi connectivity index (χ3v) is 5.53. The fourth-order valence-electron chi connectivity index (χ4n) is 3.37. The fraction of sp³-hybridized carbons (Fsp3) is 0.269. The van der Waals surface area contributed by atoms with Crippen molar-refractivity contribution in [2.75, 3.05) is 6.61 Å². The van der Waals surface area contributed by atoms with Crippen molar-refractivity contribution < 1.29 is 14.3 Å². The van der Waals surface area contributed by atoms with Gasteiger partial charge in [-0.2, -0.15) is 5.10 Å². The third kappa shape index (κ3) is 7.61. The summed E-state index contributed by atoms with van der Waals surface area (Å²) in [5.74, 6) is -0.949. The van der Waals surface area contributed by atoms with Crippen LogP contribution in [0.25, 0.3) is 6.08 Å². The van der Waals surface area contributed by atoms with E-state index >= 15 is 0 Å². The molecule has 3 rings (SSSR count). The van der Waals surface area contributed by atoms with E-state index in [2.05, 4.69) is 22.5 Å². The fourth-order valence-corrected chi connectivity index (χ4v) is 3.67. The Kier molecular flexibility index (Phi) is 8.84. The number of rotatable bonds is 10. The van der Waals surface area contributed by atoms with Crippen LogP contribution in [-0.2, 0) is 27.3 Å². The van der Waals surface area contributed by atoms with E-state index in [9.17, 15) is 9.59 Å². The SMILES string of the molecule is Cc1nn(Cc2ccccc2)c(Cl)c1/C=C/C(=O)OCC(=O)N[C@H](C)CCc1ccccc1. The molecule has 6 nitrogen and oxygen atoms in total. The number of carbonyl (C=O) groups is 2. The van der Waals surface area contributed by atoms with E-state index in [0.717, 1.165) is 18.4 Å². The molecule has 0 saturated carbocycles. The first-order chi connectivity index (χ1) is 15.9. The molecule has 0 bridgehead atoms. The van der Waals surface area contributed by atoms with Gasteiger partial charge < -0.3 is 10.1 Å². The number of esters is 1. The molecule has 1 N–H and O–H groups in total. The lowest BCUT2D eigenvalue weighted by Gasteiger charge is -2.13. The first-order valence-corrected chi connectivity index (χ1v) is 11.2. The number of nitrogens with one attached hydrogen (secondary N) is 1. The van der Waals surface area contributed by atoms with Crippen LogP contribution in [0.4, 0.5) is 0 Å². The lowest BCUT2D eigenvalue weighted by Crippen LogP contribution is -2.36. The minimum Gasteiger partial charge on any atom is -0.452 e. The van der Waals surface area contributed by atoms with E-state index in [4.69, 9.17) is 16.3 Å². The van der Waals surface area contributed by atoms with Crippen molar-refractivity contribution in [1.82, 2.24) is 15.1 Å². The maximum atomic E-state index is 12.1. The van der Waals surface area contributed by atoms with Crippen molar-refractivity contribution in [2.24, 2.45) is 0 Å². The Morgan fingerprint density at radius 1 is 1.09 bits per heavy atom. The van der Waals surface area contributed by atoms with Gasteiger partial charge in [-0.25, -0.2) is 9.48 Å². The maximum absolute atomic E-state index is 12.1. The number of aromatic nitrogens is 2. The molecule has 0 aliphatic heterocycles. The molecule has 0 spiro atoms. The summed E-state index contributed by atoms with van der Waals surface area (Å²) in [6, 6.07) is 19.9. The zero-order valence-corrected chi connectivity index (χ0v) is 19.6. The Labute approximate surface area is 199 Å². The molecule has 0 aliphatic carbocycles. The molecule has 1 atom stereocenters. The highest BCUT2D eigenvalue weighted by Gasteiger charge is 2.13. The van der Waals surface area contributed by atoms with Crippen molar-refractivity contribution >= 4 is 29.6 Å². The van der Waals surface area contributed by atoms with Crippen LogP contribution in [0, 0.1) is 6.92 Å². The number of amides is 1. The Morgan fingerprint density at radius 3 is 2.39 bits per heavy atom. The number of ether oxygens (including phenoxy) is 1. The summed E-state index contributed by atoms with van der Waals surface area (Å²) in [4.78, 5) is 24.2. The Hall–Kier alpha value is -3.38. The van der Waals surface area contributed by atoms with Crippen LogP contribution in [0.1, 0.15) is 35.7 Å². The largest absolute Gasteiger partial charge is 0.452 e. The zero-order valence-electron chi connectivity index (χ0n) is 18.8. The van der Waals surface area contributed by atoms with E-state index < -0.39 is 5.97 Å². The molecule has 0 fully saturated rings. The van der Waals surface area contributed by atoms with E-state index in [0.29, 0.717) is 23.0 Å². The summed E-state index contributed by atoms with van der Waals surface area (Å²) in [6.07, 6.45) is 4.49. The van der Waals surface area contributed by atoms with Crippen LogP contribution in [0.2, 0.25) is 5.15 Å². The van der Waals surface area contributed by atoms with Gasteiger partial charge in [0.2, 0.25) is 0 Å². The van der Waals surface area contributed by atoms with Crippen LogP contribution in [0.15, 0.2) is 66.7 Å². The normalized spacial score (nSPS) is 12.0. The monoisotopic (exact) mass is 465 g/mol. The Morgan fingerprint density at radius 2 is 1.73 bits per heavy atom. The van der Waals surface area contributed by atoms with Crippen LogP contribution < -0.4 is 5.32 Å². The standard InChI is InChI=1S/C26H28ClN3O3/c1-19(13-14-21-9-5-3-6-10-21)28-24(31)18-33-25(32)16-15-23-20(2)29-30(26(23)27)17-22-11-7-4-8-12-22/h3-12,15-16,19H,13-14,17-18H2,1-2H3,(H,28,31)/b16-15+/t19-/m1/s1. The highest BCUT2D eigenvalue weighted by molar-refractivity contribution is 6.31.